The van der Waals surface area contributed by atoms with Crippen molar-refractivity contribution in [3.8, 4) is 0 Å². The SMILES string of the molecule is O=C(COC(=O)/C=C/c1ccc(S(=O)(=O)N2CCCCCC2)cc1)NCc1ccc(Cl)cc1. The van der Waals surface area contributed by atoms with E-state index < -0.39 is 28.5 Å². The van der Waals surface area contributed by atoms with Gasteiger partial charge in [-0.15, -0.1) is 0 Å². The summed E-state index contributed by atoms with van der Waals surface area (Å²) in [6, 6.07) is 13.4. The zero-order chi connectivity index (χ0) is 23.7. The third kappa shape index (κ3) is 7.70. The molecule has 1 saturated heterocycles. The van der Waals surface area contributed by atoms with Crippen molar-refractivity contribution in [3.63, 3.8) is 0 Å². The van der Waals surface area contributed by atoms with Gasteiger partial charge in [0.1, 0.15) is 0 Å². The summed E-state index contributed by atoms with van der Waals surface area (Å²) >= 11 is 5.82. The molecule has 7 nitrogen and oxygen atoms in total. The summed E-state index contributed by atoms with van der Waals surface area (Å²) in [5, 5.41) is 3.27. The van der Waals surface area contributed by atoms with Gasteiger partial charge in [0.25, 0.3) is 5.91 Å². The van der Waals surface area contributed by atoms with Gasteiger partial charge >= 0.3 is 5.97 Å². The van der Waals surface area contributed by atoms with E-state index in [2.05, 4.69) is 5.32 Å². The number of nitrogens with one attached hydrogen (secondary N) is 1. The van der Waals surface area contributed by atoms with Gasteiger partial charge < -0.3 is 10.1 Å². The van der Waals surface area contributed by atoms with Gasteiger partial charge in [0.05, 0.1) is 4.90 Å². The summed E-state index contributed by atoms with van der Waals surface area (Å²) < 4.78 is 32.1. The first-order valence-corrected chi connectivity index (χ1v) is 12.6. The van der Waals surface area contributed by atoms with E-state index >= 15 is 0 Å². The van der Waals surface area contributed by atoms with Crippen LogP contribution in [0.3, 0.4) is 0 Å². The number of hydrogen-bond acceptors (Lipinski definition) is 5. The molecule has 1 heterocycles. The fourth-order valence-electron chi connectivity index (χ4n) is 3.38. The van der Waals surface area contributed by atoms with E-state index in [1.165, 1.54) is 24.3 Å². The largest absolute Gasteiger partial charge is 0.452 e. The lowest BCUT2D eigenvalue weighted by Crippen LogP contribution is -2.31. The van der Waals surface area contributed by atoms with E-state index in [0.717, 1.165) is 31.2 Å². The minimum absolute atomic E-state index is 0.237. The lowest BCUT2D eigenvalue weighted by atomic mass is 10.2. The summed E-state index contributed by atoms with van der Waals surface area (Å²) in [6.07, 6.45) is 6.56. The van der Waals surface area contributed by atoms with Gasteiger partial charge in [-0.1, -0.05) is 48.7 Å². The molecule has 3 rings (SSSR count). The molecule has 0 saturated carbocycles. The molecule has 0 aromatic heterocycles. The first-order chi connectivity index (χ1) is 15.8. The molecule has 2 aromatic rings. The number of nitrogens with zero attached hydrogens (tertiary/aromatic N) is 1. The maximum absolute atomic E-state index is 12.8. The van der Waals surface area contributed by atoms with Gasteiger partial charge in [-0.2, -0.15) is 4.31 Å². The predicted molar refractivity (Wildman–Crippen MR) is 127 cm³/mol. The van der Waals surface area contributed by atoms with Gasteiger partial charge in [-0.3, -0.25) is 4.79 Å². The highest BCUT2D eigenvalue weighted by atomic mass is 35.5. The maximum Gasteiger partial charge on any atom is 0.331 e. The van der Waals surface area contributed by atoms with Crippen LogP contribution in [0.25, 0.3) is 6.08 Å². The van der Waals surface area contributed by atoms with Crippen molar-refractivity contribution in [3.05, 3.63) is 70.8 Å². The van der Waals surface area contributed by atoms with Crippen LogP contribution in [0.1, 0.15) is 36.8 Å². The second-order valence-electron chi connectivity index (χ2n) is 7.73. The molecule has 0 radical (unpaired) electrons. The molecule has 1 amide bonds. The Morgan fingerprint density at radius 3 is 2.24 bits per heavy atom. The fraction of sp³-hybridized carbons (Fsp3) is 0.333. The monoisotopic (exact) mass is 490 g/mol. The van der Waals surface area contributed by atoms with Crippen molar-refractivity contribution in [1.82, 2.24) is 9.62 Å². The normalized spacial score (nSPS) is 15.2. The van der Waals surface area contributed by atoms with Crippen LogP contribution in [0.2, 0.25) is 5.02 Å². The molecule has 1 N–H and O–H groups in total. The van der Waals surface area contributed by atoms with E-state index in [9.17, 15) is 18.0 Å². The number of hydrogen-bond donors (Lipinski definition) is 1. The lowest BCUT2D eigenvalue weighted by Gasteiger charge is -2.19. The van der Waals surface area contributed by atoms with E-state index in [1.807, 2.05) is 0 Å². The predicted octanol–water partition coefficient (Wildman–Crippen LogP) is 3.78. The lowest BCUT2D eigenvalue weighted by molar-refractivity contribution is -0.143. The van der Waals surface area contributed by atoms with Crippen LogP contribution >= 0.6 is 11.6 Å². The Balaban J connectivity index is 1.46. The summed E-state index contributed by atoms with van der Waals surface area (Å²) in [4.78, 5) is 24.0. The molecule has 33 heavy (non-hydrogen) atoms. The van der Waals surface area contributed by atoms with Crippen LogP contribution in [0.4, 0.5) is 0 Å². The summed E-state index contributed by atoms with van der Waals surface area (Å²) in [7, 11) is -3.51. The van der Waals surface area contributed by atoms with E-state index in [0.29, 0.717) is 30.2 Å². The van der Waals surface area contributed by atoms with E-state index in [4.69, 9.17) is 16.3 Å². The van der Waals surface area contributed by atoms with Crippen LogP contribution in [-0.2, 0) is 30.9 Å². The molecule has 1 aliphatic heterocycles. The van der Waals surface area contributed by atoms with Gasteiger partial charge in [-0.05, 0) is 54.3 Å². The molecule has 0 unspecified atom stereocenters. The highest BCUT2D eigenvalue weighted by Crippen LogP contribution is 2.21. The van der Waals surface area contributed by atoms with Crippen LogP contribution < -0.4 is 5.32 Å². The Morgan fingerprint density at radius 2 is 1.61 bits per heavy atom. The molecule has 0 spiro atoms. The molecule has 176 valence electrons. The third-order valence-corrected chi connectivity index (χ3v) is 7.41. The quantitative estimate of drug-likeness (QED) is 0.449. The minimum atomic E-state index is -3.51. The fourth-order valence-corrected chi connectivity index (χ4v) is 5.03. The number of esters is 1. The van der Waals surface area contributed by atoms with E-state index in [-0.39, 0.29) is 4.90 Å². The van der Waals surface area contributed by atoms with Crippen molar-refractivity contribution < 1.29 is 22.7 Å². The van der Waals surface area contributed by atoms with Crippen molar-refractivity contribution in [2.75, 3.05) is 19.7 Å². The zero-order valence-corrected chi connectivity index (χ0v) is 19.8. The third-order valence-electron chi connectivity index (χ3n) is 5.24. The Morgan fingerprint density at radius 1 is 0.970 bits per heavy atom. The Hall–Kier alpha value is -2.68. The molecule has 9 heteroatoms. The molecule has 1 fully saturated rings. The second kappa shape index (κ2) is 12.0. The Bertz CT molecular complexity index is 1070. The minimum Gasteiger partial charge on any atom is -0.452 e. The summed E-state index contributed by atoms with van der Waals surface area (Å²) in [5.74, 6) is -1.09. The number of halogens is 1. The molecule has 2 aromatic carbocycles. The van der Waals surface area contributed by atoms with Gasteiger partial charge in [0.15, 0.2) is 6.61 Å². The smallest absolute Gasteiger partial charge is 0.331 e. The number of ether oxygens (including phenoxy) is 1. The number of carbonyl (C=O) groups excluding carboxylic acids is 2. The molecule has 0 atom stereocenters. The first kappa shape index (κ1) is 25.0. The zero-order valence-electron chi connectivity index (χ0n) is 18.2. The number of rotatable bonds is 8. The molecular weight excluding hydrogens is 464 g/mol. The molecule has 1 aliphatic rings. The van der Waals surface area contributed by atoms with Crippen molar-refractivity contribution >= 4 is 39.6 Å². The molecular formula is C24H27ClN2O5S. The summed E-state index contributed by atoms with van der Waals surface area (Å²) in [5.41, 5.74) is 1.52. The maximum atomic E-state index is 12.8. The average molecular weight is 491 g/mol. The number of carbonyl (C=O) groups is 2. The number of benzene rings is 2. The topological polar surface area (TPSA) is 92.8 Å². The van der Waals surface area contributed by atoms with Crippen LogP contribution in [0.5, 0.6) is 0 Å². The van der Waals surface area contributed by atoms with Crippen molar-refractivity contribution in [2.24, 2.45) is 0 Å². The highest BCUT2D eigenvalue weighted by molar-refractivity contribution is 7.89. The molecule has 0 bridgehead atoms. The number of amides is 1. The van der Waals surface area contributed by atoms with Crippen LogP contribution in [-0.4, -0.2) is 44.3 Å². The first-order valence-electron chi connectivity index (χ1n) is 10.8. The Labute approximate surface area is 199 Å². The summed E-state index contributed by atoms with van der Waals surface area (Å²) in [6.45, 7) is 0.992. The highest BCUT2D eigenvalue weighted by Gasteiger charge is 2.24. The standard InChI is InChI=1S/C24H27ClN2O5S/c25-21-10-5-20(6-11-21)17-26-23(28)18-32-24(29)14-9-19-7-12-22(13-8-19)33(30,31)27-15-3-1-2-4-16-27/h5-14H,1-4,15-18H2,(H,26,28)/b14-9+. The van der Waals surface area contributed by atoms with Gasteiger partial charge in [0.2, 0.25) is 10.0 Å². The van der Waals surface area contributed by atoms with Gasteiger partial charge in [-0.25, -0.2) is 13.2 Å². The number of sulfonamides is 1. The van der Waals surface area contributed by atoms with Crippen LogP contribution in [0.15, 0.2) is 59.5 Å². The van der Waals surface area contributed by atoms with Crippen molar-refractivity contribution in [1.29, 1.82) is 0 Å². The van der Waals surface area contributed by atoms with Gasteiger partial charge in [0, 0.05) is 30.7 Å². The van der Waals surface area contributed by atoms with E-state index in [1.54, 1.807) is 40.7 Å². The Kier molecular flexibility index (Phi) is 9.05. The van der Waals surface area contributed by atoms with Crippen molar-refractivity contribution in [2.45, 2.75) is 37.1 Å². The second-order valence-corrected chi connectivity index (χ2v) is 10.1. The molecule has 0 aliphatic carbocycles. The average Bonchev–Trinajstić information content (AvgIpc) is 3.11. The van der Waals surface area contributed by atoms with Crippen LogP contribution in [0, 0.1) is 0 Å².